The molecule has 0 aliphatic carbocycles. The predicted molar refractivity (Wildman–Crippen MR) is 122 cm³/mol. The van der Waals surface area contributed by atoms with Crippen molar-refractivity contribution in [1.82, 2.24) is 9.29 Å². The molecule has 0 saturated carbocycles. The quantitative estimate of drug-likeness (QED) is 0.598. The minimum Gasteiger partial charge on any atom is -0.302 e. The number of nitrogens with one attached hydrogen (secondary N) is 1. The zero-order valence-corrected chi connectivity index (χ0v) is 19.2. The molecule has 4 heterocycles. The van der Waals surface area contributed by atoms with E-state index in [0.717, 1.165) is 17.0 Å². The number of hydrogen-bond acceptors (Lipinski definition) is 7. The molecule has 0 atom stereocenters. The average Bonchev–Trinajstić information content (AvgIpc) is 3.44. The first-order valence-corrected chi connectivity index (χ1v) is 13.7. The first-order valence-electron chi connectivity index (χ1n) is 9.59. The van der Waals surface area contributed by atoms with Gasteiger partial charge in [-0.15, -0.1) is 34.4 Å². The molecule has 2 aliphatic rings. The van der Waals surface area contributed by atoms with Crippen LogP contribution in [-0.4, -0.2) is 36.7 Å². The fraction of sp³-hybridized carbons (Fsp3) is 0.300. The summed E-state index contributed by atoms with van der Waals surface area (Å²) in [5.41, 5.74) is 2.08. The van der Waals surface area contributed by atoms with Gasteiger partial charge in [0.05, 0.1) is 5.69 Å². The smallest absolute Gasteiger partial charge is 0.252 e. The molecule has 3 aromatic rings. The van der Waals surface area contributed by atoms with Gasteiger partial charge in [0.2, 0.25) is 5.91 Å². The van der Waals surface area contributed by atoms with Gasteiger partial charge >= 0.3 is 0 Å². The Morgan fingerprint density at radius 3 is 2.70 bits per heavy atom. The number of thiophene rings is 1. The number of anilines is 1. The molecular weight excluding hydrogens is 459 g/mol. The van der Waals surface area contributed by atoms with E-state index in [1.54, 1.807) is 29.3 Å². The lowest BCUT2D eigenvalue weighted by molar-refractivity contribution is -0.120. The number of carbonyl (C=O) groups is 1. The number of carbonyl (C=O) groups excluding carboxylic acids is 1. The highest BCUT2D eigenvalue weighted by Gasteiger charge is 2.33. The highest BCUT2D eigenvalue weighted by Crippen LogP contribution is 2.44. The normalized spacial score (nSPS) is 17.3. The fourth-order valence-electron chi connectivity index (χ4n) is 3.75. The maximum atomic E-state index is 12.8. The van der Waals surface area contributed by atoms with Gasteiger partial charge in [0.15, 0.2) is 5.13 Å². The highest BCUT2D eigenvalue weighted by molar-refractivity contribution is 7.98. The number of amides is 1. The van der Waals surface area contributed by atoms with Gasteiger partial charge in [-0.05, 0) is 30.4 Å². The number of thioether (sulfide) groups is 1. The standard InChI is InChI=1S/C20H19N3O3S4/c24-19(13-7-9-23(10-8-13)30(25,26)17-6-3-11-27-17)22-20-21-18-14-4-1-2-5-15(14)28-12-16(18)29-20/h1-6,11,13H,7-10,12H2,(H,21,22,24). The molecule has 5 rings (SSSR count). The summed E-state index contributed by atoms with van der Waals surface area (Å²) in [6.07, 6.45) is 1.03. The van der Waals surface area contributed by atoms with Gasteiger partial charge in [-0.2, -0.15) is 4.31 Å². The van der Waals surface area contributed by atoms with Gasteiger partial charge < -0.3 is 5.32 Å². The van der Waals surface area contributed by atoms with Crippen molar-refractivity contribution in [2.45, 2.75) is 27.7 Å². The summed E-state index contributed by atoms with van der Waals surface area (Å²) in [7, 11) is -3.45. The number of aromatic nitrogens is 1. The molecule has 1 saturated heterocycles. The maximum absolute atomic E-state index is 12.8. The number of rotatable bonds is 4. The third-order valence-corrected chi connectivity index (χ3v) is 10.9. The number of hydrogen-bond donors (Lipinski definition) is 1. The number of fused-ring (bicyclic) bond motifs is 3. The van der Waals surface area contributed by atoms with Crippen LogP contribution in [0.3, 0.4) is 0 Å². The predicted octanol–water partition coefficient (Wildman–Crippen LogP) is 4.52. The van der Waals surface area contributed by atoms with E-state index in [-0.39, 0.29) is 11.8 Å². The molecule has 6 nitrogen and oxygen atoms in total. The number of benzene rings is 1. The third-order valence-electron chi connectivity index (χ3n) is 5.34. The largest absolute Gasteiger partial charge is 0.302 e. The minimum atomic E-state index is -3.45. The van der Waals surface area contributed by atoms with Crippen molar-refractivity contribution < 1.29 is 13.2 Å². The van der Waals surface area contributed by atoms with Crippen molar-refractivity contribution in [3.8, 4) is 11.3 Å². The lowest BCUT2D eigenvalue weighted by Crippen LogP contribution is -2.41. The molecule has 1 N–H and O–H groups in total. The van der Waals surface area contributed by atoms with Crippen LogP contribution in [0.15, 0.2) is 50.9 Å². The van der Waals surface area contributed by atoms with E-state index in [2.05, 4.69) is 22.4 Å². The van der Waals surface area contributed by atoms with Crippen molar-refractivity contribution in [2.75, 3.05) is 18.4 Å². The molecule has 2 aliphatic heterocycles. The zero-order chi connectivity index (χ0) is 20.7. The van der Waals surface area contributed by atoms with Crippen LogP contribution in [0.25, 0.3) is 11.3 Å². The van der Waals surface area contributed by atoms with Gasteiger partial charge in [-0.1, -0.05) is 24.3 Å². The second-order valence-electron chi connectivity index (χ2n) is 7.18. The van der Waals surface area contributed by atoms with E-state index in [1.807, 2.05) is 12.1 Å². The SMILES string of the molecule is O=C(Nc1nc2c(s1)CSc1ccccc1-2)C1CCN(S(=O)(=O)c2cccs2)CC1. The maximum Gasteiger partial charge on any atom is 0.252 e. The summed E-state index contributed by atoms with van der Waals surface area (Å²) >= 11 is 4.54. The van der Waals surface area contributed by atoms with Crippen LogP contribution in [-0.2, 0) is 20.6 Å². The monoisotopic (exact) mass is 477 g/mol. The van der Waals surface area contributed by atoms with Crippen LogP contribution in [0.4, 0.5) is 5.13 Å². The van der Waals surface area contributed by atoms with E-state index in [1.165, 1.54) is 36.8 Å². The molecule has 0 spiro atoms. The van der Waals surface area contributed by atoms with Gasteiger partial charge in [0.25, 0.3) is 10.0 Å². The van der Waals surface area contributed by atoms with E-state index in [0.29, 0.717) is 35.3 Å². The van der Waals surface area contributed by atoms with Gasteiger partial charge in [-0.3, -0.25) is 4.79 Å². The first-order chi connectivity index (χ1) is 14.5. The molecule has 1 aromatic carbocycles. The number of thiazole rings is 1. The highest BCUT2D eigenvalue weighted by atomic mass is 32.2. The lowest BCUT2D eigenvalue weighted by Gasteiger charge is -2.29. The second-order valence-corrected chi connectivity index (χ2v) is 12.4. The first kappa shape index (κ1) is 20.2. The lowest BCUT2D eigenvalue weighted by atomic mass is 9.97. The number of nitrogens with zero attached hydrogens (tertiary/aromatic N) is 2. The Bertz CT molecular complexity index is 1180. The van der Waals surface area contributed by atoms with Gasteiger partial charge in [0.1, 0.15) is 4.21 Å². The second kappa shape index (κ2) is 8.08. The van der Waals surface area contributed by atoms with Crippen LogP contribution in [0.5, 0.6) is 0 Å². The molecule has 0 unspecified atom stereocenters. The van der Waals surface area contributed by atoms with E-state index in [4.69, 9.17) is 0 Å². The topological polar surface area (TPSA) is 79.4 Å². The Balaban J connectivity index is 1.24. The van der Waals surface area contributed by atoms with E-state index in [9.17, 15) is 13.2 Å². The molecule has 2 aromatic heterocycles. The molecule has 1 fully saturated rings. The van der Waals surface area contributed by atoms with Crippen LogP contribution in [0.2, 0.25) is 0 Å². The van der Waals surface area contributed by atoms with Gasteiger partial charge in [-0.25, -0.2) is 13.4 Å². The van der Waals surface area contributed by atoms with Crippen molar-refractivity contribution in [3.63, 3.8) is 0 Å². The summed E-state index contributed by atoms with van der Waals surface area (Å²) in [4.78, 5) is 19.9. The Morgan fingerprint density at radius 2 is 1.93 bits per heavy atom. The molecule has 156 valence electrons. The molecule has 0 bridgehead atoms. The molecular formula is C20H19N3O3S4. The summed E-state index contributed by atoms with van der Waals surface area (Å²) < 4.78 is 27.2. The van der Waals surface area contributed by atoms with Crippen LogP contribution >= 0.6 is 34.4 Å². The van der Waals surface area contributed by atoms with Crippen molar-refractivity contribution >= 4 is 55.5 Å². The number of sulfonamides is 1. The Morgan fingerprint density at radius 1 is 1.13 bits per heavy atom. The summed E-state index contributed by atoms with van der Waals surface area (Å²) in [5.74, 6) is 0.580. The Hall–Kier alpha value is -1.72. The van der Waals surface area contributed by atoms with Crippen molar-refractivity contribution in [3.05, 3.63) is 46.7 Å². The molecule has 1 amide bonds. The minimum absolute atomic E-state index is 0.0739. The fourth-order valence-corrected chi connectivity index (χ4v) is 8.47. The zero-order valence-electron chi connectivity index (χ0n) is 15.9. The summed E-state index contributed by atoms with van der Waals surface area (Å²) in [6.45, 7) is 0.716. The van der Waals surface area contributed by atoms with Crippen LogP contribution < -0.4 is 5.32 Å². The molecule has 0 radical (unpaired) electrons. The molecule has 10 heteroatoms. The summed E-state index contributed by atoms with van der Waals surface area (Å²) in [6, 6.07) is 11.6. The summed E-state index contributed by atoms with van der Waals surface area (Å²) in [5, 5.41) is 5.36. The van der Waals surface area contributed by atoms with Crippen molar-refractivity contribution in [1.29, 1.82) is 0 Å². The molecule has 30 heavy (non-hydrogen) atoms. The van der Waals surface area contributed by atoms with Crippen LogP contribution in [0, 0.1) is 5.92 Å². The average molecular weight is 478 g/mol. The Kier molecular flexibility index (Phi) is 5.44. The van der Waals surface area contributed by atoms with Crippen molar-refractivity contribution in [2.24, 2.45) is 5.92 Å². The van der Waals surface area contributed by atoms with Crippen LogP contribution in [0.1, 0.15) is 17.7 Å². The van der Waals surface area contributed by atoms with E-state index >= 15 is 0 Å². The Labute approximate surface area is 187 Å². The van der Waals surface area contributed by atoms with Gasteiger partial charge in [0, 0.05) is 40.1 Å². The number of piperidine rings is 1. The van der Waals surface area contributed by atoms with E-state index < -0.39 is 10.0 Å². The third kappa shape index (κ3) is 3.71.